The van der Waals surface area contributed by atoms with Crippen LogP contribution in [0.5, 0.6) is 11.5 Å². The largest absolute Gasteiger partial charge is 0.497 e. The summed E-state index contributed by atoms with van der Waals surface area (Å²) in [6.07, 6.45) is 2.34. The van der Waals surface area contributed by atoms with Crippen LogP contribution in [-0.2, 0) is 4.74 Å². The molecule has 0 saturated carbocycles. The molecule has 0 bridgehead atoms. The van der Waals surface area contributed by atoms with Crippen LogP contribution in [0.2, 0.25) is 0 Å². The molecular formula is C21H20ClNO4. The molecule has 5 nitrogen and oxygen atoms in total. The zero-order chi connectivity index (χ0) is 19.2. The second-order valence-corrected chi connectivity index (χ2v) is 6.21. The summed E-state index contributed by atoms with van der Waals surface area (Å²) in [6.45, 7) is 0.506. The summed E-state index contributed by atoms with van der Waals surface area (Å²) >= 11 is 5.75. The van der Waals surface area contributed by atoms with Gasteiger partial charge in [0.05, 0.1) is 31.9 Å². The van der Waals surface area contributed by atoms with Crippen molar-refractivity contribution < 1.29 is 19.0 Å². The SMILES string of the molecule is COC(=O)c1ccnc2ccc(-c3ccc(OC)cc3OCCCCl)cc12. The van der Waals surface area contributed by atoms with Crippen LogP contribution >= 0.6 is 11.6 Å². The maximum Gasteiger partial charge on any atom is 0.338 e. The molecule has 140 valence electrons. The van der Waals surface area contributed by atoms with E-state index in [2.05, 4.69) is 4.98 Å². The van der Waals surface area contributed by atoms with E-state index in [1.807, 2.05) is 36.4 Å². The second-order valence-electron chi connectivity index (χ2n) is 5.84. The Labute approximate surface area is 162 Å². The molecule has 1 aromatic heterocycles. The quantitative estimate of drug-likeness (QED) is 0.335. The number of halogens is 1. The molecule has 0 atom stereocenters. The van der Waals surface area contributed by atoms with Gasteiger partial charge in [-0.3, -0.25) is 4.98 Å². The van der Waals surface area contributed by atoms with Crippen LogP contribution in [-0.4, -0.2) is 37.7 Å². The molecule has 0 amide bonds. The summed E-state index contributed by atoms with van der Waals surface area (Å²) in [5.41, 5.74) is 3.00. The fourth-order valence-electron chi connectivity index (χ4n) is 2.83. The lowest BCUT2D eigenvalue weighted by Gasteiger charge is -2.14. The van der Waals surface area contributed by atoms with Crippen molar-refractivity contribution in [3.63, 3.8) is 0 Å². The van der Waals surface area contributed by atoms with Crippen LogP contribution in [0.15, 0.2) is 48.7 Å². The Bertz CT molecular complexity index is 958. The number of hydrogen-bond donors (Lipinski definition) is 0. The lowest BCUT2D eigenvalue weighted by atomic mass is 10.00. The highest BCUT2D eigenvalue weighted by atomic mass is 35.5. The number of rotatable bonds is 7. The Hall–Kier alpha value is -2.79. The maximum atomic E-state index is 12.1. The van der Waals surface area contributed by atoms with Gasteiger partial charge in [-0.25, -0.2) is 4.79 Å². The fourth-order valence-corrected chi connectivity index (χ4v) is 2.94. The van der Waals surface area contributed by atoms with Gasteiger partial charge in [0.1, 0.15) is 11.5 Å². The average molecular weight is 386 g/mol. The summed E-state index contributed by atoms with van der Waals surface area (Å²) in [5.74, 6) is 1.54. The van der Waals surface area contributed by atoms with Crippen LogP contribution in [0.3, 0.4) is 0 Å². The smallest absolute Gasteiger partial charge is 0.338 e. The van der Waals surface area contributed by atoms with Crippen molar-refractivity contribution in [2.24, 2.45) is 0 Å². The minimum atomic E-state index is -0.395. The zero-order valence-corrected chi connectivity index (χ0v) is 16.0. The predicted octanol–water partition coefficient (Wildman–Crippen LogP) is 4.70. The van der Waals surface area contributed by atoms with E-state index in [9.17, 15) is 4.79 Å². The molecule has 0 unspecified atom stereocenters. The lowest BCUT2D eigenvalue weighted by molar-refractivity contribution is 0.0603. The normalized spacial score (nSPS) is 10.6. The van der Waals surface area contributed by atoms with E-state index >= 15 is 0 Å². The molecule has 0 saturated heterocycles. The Morgan fingerprint density at radius 3 is 2.70 bits per heavy atom. The number of methoxy groups -OCH3 is 2. The molecular weight excluding hydrogens is 366 g/mol. The van der Waals surface area contributed by atoms with Crippen LogP contribution in [0.25, 0.3) is 22.0 Å². The number of carbonyl (C=O) groups is 1. The van der Waals surface area contributed by atoms with Crippen molar-refractivity contribution in [3.05, 3.63) is 54.2 Å². The Balaban J connectivity index is 2.10. The zero-order valence-electron chi connectivity index (χ0n) is 15.2. The molecule has 1 heterocycles. The lowest BCUT2D eigenvalue weighted by Crippen LogP contribution is -2.03. The standard InChI is InChI=1S/C21H20ClNO4/c1-25-15-5-6-16(20(13-15)27-11-3-9-22)14-4-7-19-18(12-14)17(8-10-23-19)21(24)26-2/h4-8,10,12-13H,3,9,11H2,1-2H3. The summed E-state index contributed by atoms with van der Waals surface area (Å²) in [4.78, 5) is 16.4. The van der Waals surface area contributed by atoms with Gasteiger partial charge in [-0.15, -0.1) is 11.6 Å². The van der Waals surface area contributed by atoms with Gasteiger partial charge in [-0.2, -0.15) is 0 Å². The van der Waals surface area contributed by atoms with E-state index in [4.69, 9.17) is 25.8 Å². The number of benzene rings is 2. The van der Waals surface area contributed by atoms with Gasteiger partial charge in [0, 0.05) is 29.1 Å². The summed E-state index contributed by atoms with van der Waals surface area (Å²) in [6, 6.07) is 13.1. The first-order valence-corrected chi connectivity index (χ1v) is 9.05. The monoisotopic (exact) mass is 385 g/mol. The Morgan fingerprint density at radius 2 is 1.96 bits per heavy atom. The number of fused-ring (bicyclic) bond motifs is 1. The van der Waals surface area contributed by atoms with Crippen molar-refractivity contribution in [2.75, 3.05) is 26.7 Å². The predicted molar refractivity (Wildman–Crippen MR) is 106 cm³/mol. The van der Waals surface area contributed by atoms with Gasteiger partial charge >= 0.3 is 5.97 Å². The molecule has 3 rings (SSSR count). The van der Waals surface area contributed by atoms with E-state index in [0.29, 0.717) is 29.5 Å². The molecule has 0 N–H and O–H groups in total. The number of pyridine rings is 1. The van der Waals surface area contributed by atoms with Crippen molar-refractivity contribution >= 4 is 28.5 Å². The highest BCUT2D eigenvalue weighted by Crippen LogP contribution is 2.35. The van der Waals surface area contributed by atoms with E-state index in [0.717, 1.165) is 28.5 Å². The van der Waals surface area contributed by atoms with Gasteiger partial charge in [-0.05, 0) is 42.3 Å². The van der Waals surface area contributed by atoms with Gasteiger partial charge in [0.15, 0.2) is 0 Å². The van der Waals surface area contributed by atoms with Crippen LogP contribution in [0.1, 0.15) is 16.8 Å². The van der Waals surface area contributed by atoms with E-state index < -0.39 is 5.97 Å². The first kappa shape index (κ1) is 19.0. The molecule has 0 fully saturated rings. The second kappa shape index (κ2) is 8.73. The highest BCUT2D eigenvalue weighted by Gasteiger charge is 2.14. The summed E-state index contributed by atoms with van der Waals surface area (Å²) < 4.78 is 16.1. The number of esters is 1. The Morgan fingerprint density at radius 1 is 1.11 bits per heavy atom. The van der Waals surface area contributed by atoms with Crippen molar-refractivity contribution in [3.8, 4) is 22.6 Å². The molecule has 0 spiro atoms. The first-order chi connectivity index (χ1) is 13.2. The van der Waals surface area contributed by atoms with Gasteiger partial charge in [-0.1, -0.05) is 6.07 Å². The molecule has 0 aliphatic carbocycles. The van der Waals surface area contributed by atoms with E-state index in [1.165, 1.54) is 7.11 Å². The van der Waals surface area contributed by atoms with Gasteiger partial charge < -0.3 is 14.2 Å². The molecule has 0 aliphatic heterocycles. The minimum absolute atomic E-state index is 0.395. The van der Waals surface area contributed by atoms with Crippen molar-refractivity contribution in [2.45, 2.75) is 6.42 Å². The van der Waals surface area contributed by atoms with Gasteiger partial charge in [0.2, 0.25) is 0 Å². The number of hydrogen-bond acceptors (Lipinski definition) is 5. The molecule has 0 aliphatic rings. The van der Waals surface area contributed by atoms with Gasteiger partial charge in [0.25, 0.3) is 0 Å². The van der Waals surface area contributed by atoms with Crippen LogP contribution < -0.4 is 9.47 Å². The third kappa shape index (κ3) is 4.14. The summed E-state index contributed by atoms with van der Waals surface area (Å²) in [5, 5.41) is 0.726. The van der Waals surface area contributed by atoms with E-state index in [1.54, 1.807) is 19.4 Å². The molecule has 3 aromatic rings. The number of ether oxygens (including phenoxy) is 3. The fraction of sp³-hybridized carbons (Fsp3) is 0.238. The van der Waals surface area contributed by atoms with Crippen LogP contribution in [0.4, 0.5) is 0 Å². The molecule has 27 heavy (non-hydrogen) atoms. The summed E-state index contributed by atoms with van der Waals surface area (Å²) in [7, 11) is 2.98. The molecule has 0 radical (unpaired) electrons. The topological polar surface area (TPSA) is 57.7 Å². The van der Waals surface area contributed by atoms with Crippen molar-refractivity contribution in [1.82, 2.24) is 4.98 Å². The third-order valence-corrected chi connectivity index (χ3v) is 4.45. The highest BCUT2D eigenvalue weighted by molar-refractivity contribution is 6.17. The van der Waals surface area contributed by atoms with E-state index in [-0.39, 0.29) is 0 Å². The van der Waals surface area contributed by atoms with Crippen LogP contribution in [0, 0.1) is 0 Å². The Kier molecular flexibility index (Phi) is 6.14. The third-order valence-electron chi connectivity index (χ3n) is 4.18. The minimum Gasteiger partial charge on any atom is -0.497 e. The number of carbonyl (C=O) groups excluding carboxylic acids is 1. The molecule has 2 aromatic carbocycles. The average Bonchev–Trinajstić information content (AvgIpc) is 2.72. The number of nitrogens with zero attached hydrogens (tertiary/aromatic N) is 1. The molecule has 6 heteroatoms. The number of aromatic nitrogens is 1. The maximum absolute atomic E-state index is 12.1. The first-order valence-electron chi connectivity index (χ1n) is 8.52. The number of alkyl halides is 1. The van der Waals surface area contributed by atoms with Crippen molar-refractivity contribution in [1.29, 1.82) is 0 Å².